The van der Waals surface area contributed by atoms with Gasteiger partial charge in [-0.25, -0.2) is 22.0 Å². The molecule has 12 aromatic rings. The fraction of sp³-hybridized carbons (Fsp3) is 0. The van der Waals surface area contributed by atoms with Crippen molar-refractivity contribution in [1.82, 2.24) is 9.13 Å². The highest BCUT2D eigenvalue weighted by Gasteiger charge is 2.33. The van der Waals surface area contributed by atoms with E-state index in [0.717, 1.165) is 32.3 Å². The Balaban J connectivity index is 1.36. The number of rotatable bonds is 3. The van der Waals surface area contributed by atoms with Crippen molar-refractivity contribution in [2.45, 2.75) is 0 Å². The van der Waals surface area contributed by atoms with Gasteiger partial charge in [0.05, 0.1) is 50.6 Å². The van der Waals surface area contributed by atoms with E-state index in [2.05, 4.69) is 6.07 Å². The van der Waals surface area contributed by atoms with Crippen molar-refractivity contribution < 1.29 is 30.8 Å². The quantitative estimate of drug-likeness (QED) is 0.102. The van der Waals surface area contributed by atoms with Crippen LogP contribution in [-0.4, -0.2) is 9.13 Å². The molecule has 10 heteroatoms. The largest absolute Gasteiger partial charge is 0.454 e. The molecule has 59 heavy (non-hydrogen) atoms. The van der Waals surface area contributed by atoms with Gasteiger partial charge in [0.2, 0.25) is 5.82 Å². The van der Waals surface area contributed by atoms with Crippen molar-refractivity contribution >= 4 is 87.5 Å². The minimum atomic E-state index is -2.29. The Hall–Kier alpha value is -7.90. The Morgan fingerprint density at radius 2 is 0.797 bits per heavy atom. The molecule has 5 nitrogen and oxygen atoms in total. The standard InChI is InChI=1S/C49H22F5N3O2/c50-41-40(42(51)44(53)45(54)43(41)52)39-35(56-33-13-5-1-9-25(33)29-17-19-31-27-11-3-7-15-37(27)58-48(31)46(29)56)21-24(23-55)22-36(39)57-34-14-6-2-10-26(34)30-18-20-32-28-12-4-8-16-38(28)59-49(32)47(30)57/h1-22H. The second kappa shape index (κ2) is 11.8. The molecule has 280 valence electrons. The Kier molecular flexibility index (Phi) is 6.66. The SMILES string of the molecule is N#Cc1cc(-n2c3ccccc3c3ccc4c5ccccc5oc4c32)c(-c2c(F)c(F)c(F)c(F)c2F)c(-n2c3ccccc3c3ccc4c5ccccc5oc4c32)c1. The first-order valence-corrected chi connectivity index (χ1v) is 18.6. The molecule has 0 spiro atoms. The van der Waals surface area contributed by atoms with Gasteiger partial charge in [0.1, 0.15) is 11.2 Å². The second-order valence-electron chi connectivity index (χ2n) is 14.5. The van der Waals surface area contributed by atoms with Crippen molar-refractivity contribution in [1.29, 1.82) is 5.26 Å². The lowest BCUT2D eigenvalue weighted by atomic mass is 9.96. The van der Waals surface area contributed by atoms with Crippen molar-refractivity contribution in [2.24, 2.45) is 0 Å². The molecule has 0 N–H and O–H groups in total. The molecule has 0 amide bonds. The summed E-state index contributed by atoms with van der Waals surface area (Å²) in [6, 6.07) is 42.2. The molecule has 8 aromatic carbocycles. The van der Waals surface area contributed by atoms with E-state index in [-0.39, 0.29) is 22.5 Å². The minimum absolute atomic E-state index is 0.0240. The monoisotopic (exact) mass is 779 g/mol. The average molecular weight is 780 g/mol. The summed E-state index contributed by atoms with van der Waals surface area (Å²) in [5.41, 5.74) is 2.48. The molecule has 0 bridgehead atoms. The van der Waals surface area contributed by atoms with Crippen LogP contribution in [0.5, 0.6) is 0 Å². The molecule has 0 aliphatic heterocycles. The van der Waals surface area contributed by atoms with Crippen LogP contribution in [0.2, 0.25) is 0 Å². The molecule has 0 saturated carbocycles. The zero-order chi connectivity index (χ0) is 39.8. The number of para-hydroxylation sites is 4. The number of nitriles is 1. The molecule has 4 aromatic heterocycles. The molecule has 0 radical (unpaired) electrons. The van der Waals surface area contributed by atoms with Crippen LogP contribution in [0.4, 0.5) is 22.0 Å². The van der Waals surface area contributed by atoms with Crippen molar-refractivity contribution in [3.63, 3.8) is 0 Å². The molecule has 12 rings (SSSR count). The molecule has 0 atom stereocenters. The van der Waals surface area contributed by atoms with Crippen LogP contribution in [0.15, 0.2) is 142 Å². The summed E-state index contributed by atoms with van der Waals surface area (Å²) in [4.78, 5) is 0. The van der Waals surface area contributed by atoms with Crippen LogP contribution < -0.4 is 0 Å². The summed E-state index contributed by atoms with van der Waals surface area (Å²) in [6.07, 6.45) is 0. The van der Waals surface area contributed by atoms with E-state index in [4.69, 9.17) is 8.83 Å². The van der Waals surface area contributed by atoms with Gasteiger partial charge in [-0.3, -0.25) is 0 Å². The van der Waals surface area contributed by atoms with E-state index in [1.807, 2.05) is 97.1 Å². The van der Waals surface area contributed by atoms with Crippen LogP contribution in [0, 0.1) is 40.4 Å². The Labute approximate surface area is 328 Å². The Morgan fingerprint density at radius 1 is 0.407 bits per heavy atom. The normalized spacial score (nSPS) is 12.1. The zero-order valence-corrected chi connectivity index (χ0v) is 30.2. The first-order chi connectivity index (χ1) is 28.8. The summed E-state index contributed by atoms with van der Waals surface area (Å²) in [5.74, 6) is -10.6. The molecule has 0 unspecified atom stereocenters. The smallest absolute Gasteiger partial charge is 0.200 e. The van der Waals surface area contributed by atoms with E-state index < -0.39 is 34.6 Å². The fourth-order valence-corrected chi connectivity index (χ4v) is 9.07. The molecule has 0 saturated heterocycles. The van der Waals surface area contributed by atoms with Crippen LogP contribution >= 0.6 is 0 Å². The van der Waals surface area contributed by atoms with E-state index >= 15 is 17.6 Å². The molecular weight excluding hydrogens is 758 g/mol. The Bertz CT molecular complexity index is 3640. The van der Waals surface area contributed by atoms with Gasteiger partial charge in [-0.05, 0) is 48.5 Å². The number of hydrogen-bond acceptors (Lipinski definition) is 3. The highest BCUT2D eigenvalue weighted by atomic mass is 19.2. The van der Waals surface area contributed by atoms with Crippen molar-refractivity contribution in [3.05, 3.63) is 168 Å². The molecule has 4 heterocycles. The van der Waals surface area contributed by atoms with Gasteiger partial charge in [0.25, 0.3) is 0 Å². The predicted octanol–water partition coefficient (Wildman–Crippen LogP) is 13.9. The molecular formula is C49H22F5N3O2. The fourth-order valence-electron chi connectivity index (χ4n) is 9.07. The van der Waals surface area contributed by atoms with Gasteiger partial charge in [-0.2, -0.15) is 5.26 Å². The summed E-state index contributed by atoms with van der Waals surface area (Å²) in [5, 5.41) is 16.7. The highest BCUT2D eigenvalue weighted by Crippen LogP contribution is 2.48. The van der Waals surface area contributed by atoms with Crippen molar-refractivity contribution in [2.75, 3.05) is 0 Å². The number of hydrogen-bond donors (Lipinski definition) is 0. The molecule has 0 aliphatic carbocycles. The molecule has 0 fully saturated rings. The van der Waals surface area contributed by atoms with Crippen LogP contribution in [0.25, 0.3) is 110 Å². The van der Waals surface area contributed by atoms with Crippen molar-refractivity contribution in [3.8, 4) is 28.6 Å². The number of furan rings is 2. The first-order valence-electron chi connectivity index (χ1n) is 18.6. The third-order valence-electron chi connectivity index (χ3n) is 11.5. The third kappa shape index (κ3) is 4.30. The van der Waals surface area contributed by atoms with E-state index in [1.165, 1.54) is 12.1 Å². The minimum Gasteiger partial charge on any atom is -0.454 e. The van der Waals surface area contributed by atoms with E-state index in [9.17, 15) is 9.65 Å². The lowest BCUT2D eigenvalue weighted by Crippen LogP contribution is -2.10. The maximum Gasteiger partial charge on any atom is 0.200 e. The summed E-state index contributed by atoms with van der Waals surface area (Å²) in [6.45, 7) is 0. The maximum atomic E-state index is 16.7. The maximum absolute atomic E-state index is 16.7. The number of benzene rings is 8. The average Bonchev–Trinajstić information content (AvgIpc) is 4.03. The predicted molar refractivity (Wildman–Crippen MR) is 220 cm³/mol. The topological polar surface area (TPSA) is 59.9 Å². The van der Waals surface area contributed by atoms with Gasteiger partial charge in [0, 0.05) is 48.7 Å². The lowest BCUT2D eigenvalue weighted by molar-refractivity contribution is 0.381. The van der Waals surface area contributed by atoms with Gasteiger partial charge < -0.3 is 18.0 Å². The number of aromatic nitrogens is 2. The van der Waals surface area contributed by atoms with Gasteiger partial charge in [-0.1, -0.05) is 84.9 Å². The summed E-state index contributed by atoms with van der Waals surface area (Å²) >= 11 is 0. The Morgan fingerprint density at radius 3 is 1.25 bits per heavy atom. The van der Waals surface area contributed by atoms with Gasteiger partial charge in [-0.15, -0.1) is 0 Å². The first kappa shape index (κ1) is 33.3. The highest BCUT2D eigenvalue weighted by molar-refractivity contribution is 6.23. The third-order valence-corrected chi connectivity index (χ3v) is 11.5. The number of fused-ring (bicyclic) bond motifs is 14. The van der Waals surface area contributed by atoms with Gasteiger partial charge >= 0.3 is 0 Å². The summed E-state index contributed by atoms with van der Waals surface area (Å²) < 4.78 is 96.0. The van der Waals surface area contributed by atoms with Crippen LogP contribution in [0.3, 0.4) is 0 Å². The number of halogens is 5. The van der Waals surface area contributed by atoms with Gasteiger partial charge in [0.15, 0.2) is 34.4 Å². The second-order valence-corrected chi connectivity index (χ2v) is 14.5. The molecule has 0 aliphatic rings. The summed E-state index contributed by atoms with van der Waals surface area (Å²) in [7, 11) is 0. The van der Waals surface area contributed by atoms with Crippen LogP contribution in [0.1, 0.15) is 5.56 Å². The lowest BCUT2D eigenvalue weighted by Gasteiger charge is -2.22. The van der Waals surface area contributed by atoms with Crippen LogP contribution in [-0.2, 0) is 0 Å². The van der Waals surface area contributed by atoms with E-state index in [1.54, 1.807) is 33.4 Å². The van der Waals surface area contributed by atoms with E-state index in [0.29, 0.717) is 55.2 Å². The zero-order valence-electron chi connectivity index (χ0n) is 30.2. The number of nitrogens with zero attached hydrogens (tertiary/aromatic N) is 3.